The van der Waals surface area contributed by atoms with Gasteiger partial charge in [-0.2, -0.15) is 10.5 Å². The molecule has 2 aromatic rings. The molecule has 26 heavy (non-hydrogen) atoms. The summed E-state index contributed by atoms with van der Waals surface area (Å²) in [6.45, 7) is 4.00. The lowest BCUT2D eigenvalue weighted by molar-refractivity contribution is 0.547. The third kappa shape index (κ3) is 4.88. The fraction of sp³-hybridized carbons (Fsp3) is 0.273. The minimum atomic E-state index is 0.0320. The summed E-state index contributed by atoms with van der Waals surface area (Å²) in [5.41, 5.74) is 3.48. The van der Waals surface area contributed by atoms with E-state index in [1.54, 1.807) is 12.6 Å². The molecular formula is C22H22N4. The van der Waals surface area contributed by atoms with E-state index in [9.17, 15) is 0 Å². The lowest BCUT2D eigenvalue weighted by atomic mass is 9.83. The van der Waals surface area contributed by atoms with E-state index in [2.05, 4.69) is 29.0 Å². The van der Waals surface area contributed by atoms with E-state index in [-0.39, 0.29) is 12.0 Å². The van der Waals surface area contributed by atoms with Crippen LogP contribution in [0.2, 0.25) is 0 Å². The van der Waals surface area contributed by atoms with Crippen molar-refractivity contribution in [3.63, 3.8) is 0 Å². The summed E-state index contributed by atoms with van der Waals surface area (Å²) in [5.74, 6) is 0.0405. The zero-order valence-electron chi connectivity index (χ0n) is 15.1. The van der Waals surface area contributed by atoms with Crippen molar-refractivity contribution in [3.8, 4) is 12.1 Å². The Bertz CT molecular complexity index is 776. The van der Waals surface area contributed by atoms with E-state index >= 15 is 0 Å². The van der Waals surface area contributed by atoms with E-state index in [0.29, 0.717) is 11.1 Å². The number of benzene rings is 2. The van der Waals surface area contributed by atoms with Gasteiger partial charge < -0.3 is 0 Å². The number of nitrogens with zero attached hydrogens (tertiary/aromatic N) is 4. The average Bonchev–Trinajstić information content (AvgIpc) is 2.69. The molecule has 130 valence electrons. The van der Waals surface area contributed by atoms with Gasteiger partial charge in [0, 0.05) is 12.1 Å². The fourth-order valence-corrected chi connectivity index (χ4v) is 2.98. The zero-order valence-corrected chi connectivity index (χ0v) is 15.1. The minimum absolute atomic E-state index is 0.0320. The van der Waals surface area contributed by atoms with Crippen molar-refractivity contribution in [1.29, 1.82) is 10.5 Å². The molecule has 0 saturated heterocycles. The normalized spacial score (nSPS) is 12.3. The molecule has 0 amide bonds. The molecule has 0 fully saturated rings. The Balaban J connectivity index is 2.50. The third-order valence-corrected chi connectivity index (χ3v) is 4.24. The molecule has 0 radical (unpaired) electrons. The summed E-state index contributed by atoms with van der Waals surface area (Å²) >= 11 is 0. The van der Waals surface area contributed by atoms with Crippen LogP contribution in [0.5, 0.6) is 0 Å². The van der Waals surface area contributed by atoms with E-state index in [0.717, 1.165) is 24.0 Å². The van der Waals surface area contributed by atoms with Gasteiger partial charge in [0.05, 0.1) is 29.3 Å². The van der Waals surface area contributed by atoms with Crippen molar-refractivity contribution in [2.24, 2.45) is 9.98 Å². The Morgan fingerprint density at radius 1 is 0.923 bits per heavy atom. The molecule has 0 aliphatic rings. The fourth-order valence-electron chi connectivity index (χ4n) is 2.98. The van der Waals surface area contributed by atoms with Gasteiger partial charge in [0.25, 0.3) is 0 Å². The molecule has 0 heterocycles. The van der Waals surface area contributed by atoms with Crippen LogP contribution in [0.4, 0.5) is 0 Å². The molecule has 1 unspecified atom stereocenters. The summed E-state index contributed by atoms with van der Waals surface area (Å²) in [6, 6.07) is 19.7. The molecule has 0 bridgehead atoms. The zero-order chi connectivity index (χ0) is 18.8. The lowest BCUT2D eigenvalue weighted by Crippen LogP contribution is -2.18. The molecule has 2 rings (SSSR count). The van der Waals surface area contributed by atoms with Crippen LogP contribution in [0, 0.1) is 22.7 Å². The first-order valence-electron chi connectivity index (χ1n) is 8.73. The molecular weight excluding hydrogens is 320 g/mol. The van der Waals surface area contributed by atoms with Gasteiger partial charge in [-0.15, -0.1) is 0 Å². The van der Waals surface area contributed by atoms with Crippen LogP contribution in [-0.4, -0.2) is 18.6 Å². The Kier molecular flexibility index (Phi) is 7.28. The van der Waals surface area contributed by atoms with Crippen LogP contribution < -0.4 is 0 Å². The van der Waals surface area contributed by atoms with E-state index in [1.165, 1.54) is 0 Å². The molecule has 1 atom stereocenters. The van der Waals surface area contributed by atoms with E-state index in [4.69, 9.17) is 10.5 Å². The maximum atomic E-state index is 9.06. The first-order chi connectivity index (χ1) is 12.7. The molecule has 2 aromatic carbocycles. The first-order valence-corrected chi connectivity index (χ1v) is 8.73. The highest BCUT2D eigenvalue weighted by atomic mass is 14.9. The highest BCUT2D eigenvalue weighted by molar-refractivity contribution is 5.70. The second-order valence-electron chi connectivity index (χ2n) is 5.97. The summed E-state index contributed by atoms with van der Waals surface area (Å²) in [4.78, 5) is 8.80. The van der Waals surface area contributed by atoms with Crippen molar-refractivity contribution in [2.45, 2.75) is 38.6 Å². The topological polar surface area (TPSA) is 72.3 Å². The lowest BCUT2D eigenvalue weighted by Gasteiger charge is -2.25. The van der Waals surface area contributed by atoms with Crippen molar-refractivity contribution in [3.05, 3.63) is 70.8 Å². The maximum absolute atomic E-state index is 9.06. The number of rotatable bonds is 7. The number of hydrogen-bond donors (Lipinski definition) is 0. The predicted octanol–water partition coefficient (Wildman–Crippen LogP) is 4.85. The monoisotopic (exact) mass is 342 g/mol. The van der Waals surface area contributed by atoms with Crippen molar-refractivity contribution >= 4 is 12.6 Å². The SMILES string of the molecule is CC=NC=NC(CCC)C(c1ccc(C#N)cc1)c1ccc(C#N)cc1. The van der Waals surface area contributed by atoms with Crippen molar-refractivity contribution in [1.82, 2.24) is 0 Å². The Morgan fingerprint density at radius 3 is 1.81 bits per heavy atom. The molecule has 4 heteroatoms. The number of aliphatic imine (C=N–C) groups is 2. The van der Waals surface area contributed by atoms with Crippen molar-refractivity contribution in [2.75, 3.05) is 0 Å². The molecule has 0 aliphatic carbocycles. The Hall–Kier alpha value is -3.24. The Morgan fingerprint density at radius 2 is 1.42 bits per heavy atom. The predicted molar refractivity (Wildman–Crippen MR) is 106 cm³/mol. The van der Waals surface area contributed by atoms with Crippen LogP contribution in [0.1, 0.15) is 54.9 Å². The second kappa shape index (κ2) is 9.91. The van der Waals surface area contributed by atoms with Gasteiger partial charge in [-0.1, -0.05) is 37.6 Å². The van der Waals surface area contributed by atoms with E-state index < -0.39 is 0 Å². The number of nitriles is 2. The number of hydrogen-bond acceptors (Lipinski definition) is 3. The summed E-state index contributed by atoms with van der Waals surface area (Å²) in [7, 11) is 0. The maximum Gasteiger partial charge on any atom is 0.109 e. The van der Waals surface area contributed by atoms with Crippen LogP contribution in [0.25, 0.3) is 0 Å². The van der Waals surface area contributed by atoms with Crippen LogP contribution in [-0.2, 0) is 0 Å². The summed E-state index contributed by atoms with van der Waals surface area (Å²) in [5, 5.41) is 18.1. The van der Waals surface area contributed by atoms with Crippen LogP contribution >= 0.6 is 0 Å². The smallest absolute Gasteiger partial charge is 0.109 e. The second-order valence-corrected chi connectivity index (χ2v) is 5.97. The van der Waals surface area contributed by atoms with Crippen molar-refractivity contribution < 1.29 is 0 Å². The van der Waals surface area contributed by atoms with Gasteiger partial charge in [0.15, 0.2) is 0 Å². The first kappa shape index (κ1) is 19.1. The van der Waals surface area contributed by atoms with Crippen LogP contribution in [0.3, 0.4) is 0 Å². The quantitative estimate of drug-likeness (QED) is 0.533. The van der Waals surface area contributed by atoms with Gasteiger partial charge in [0.2, 0.25) is 0 Å². The third-order valence-electron chi connectivity index (χ3n) is 4.24. The summed E-state index contributed by atoms with van der Waals surface area (Å²) in [6.07, 6.45) is 5.24. The standard InChI is InChI=1S/C22H22N4/c1-3-5-21(26-16-25-4-2)22(19-10-6-17(14-23)7-11-19)20-12-8-18(15-24)9-13-20/h4,6-13,16,21-22H,3,5H2,1-2H3. The minimum Gasteiger partial charge on any atom is -0.269 e. The molecule has 0 N–H and O–H groups in total. The van der Waals surface area contributed by atoms with E-state index in [1.807, 2.05) is 55.5 Å². The molecule has 4 nitrogen and oxygen atoms in total. The van der Waals surface area contributed by atoms with Gasteiger partial charge in [-0.05, 0) is 48.7 Å². The van der Waals surface area contributed by atoms with Crippen LogP contribution in [0.15, 0.2) is 58.5 Å². The Labute approximate surface area is 155 Å². The molecule has 0 aromatic heterocycles. The molecule has 0 aliphatic heterocycles. The van der Waals surface area contributed by atoms with Gasteiger partial charge in [0.1, 0.15) is 6.34 Å². The van der Waals surface area contributed by atoms with Gasteiger partial charge >= 0.3 is 0 Å². The highest BCUT2D eigenvalue weighted by Crippen LogP contribution is 2.32. The van der Waals surface area contributed by atoms with Gasteiger partial charge in [-0.3, -0.25) is 4.99 Å². The molecule has 0 saturated carbocycles. The highest BCUT2D eigenvalue weighted by Gasteiger charge is 2.24. The summed E-state index contributed by atoms with van der Waals surface area (Å²) < 4.78 is 0. The molecule has 0 spiro atoms. The van der Waals surface area contributed by atoms with Gasteiger partial charge in [-0.25, -0.2) is 4.99 Å². The largest absolute Gasteiger partial charge is 0.269 e. The average molecular weight is 342 g/mol.